The maximum Gasteiger partial charge on any atom is 0.238 e. The van der Waals surface area contributed by atoms with Gasteiger partial charge in [0, 0.05) is 17.9 Å². The van der Waals surface area contributed by atoms with Crippen LogP contribution in [0.5, 0.6) is 0 Å². The number of likely N-dealkylation sites (N-methyl/N-ethyl adjacent to an activating group) is 1. The third-order valence-electron chi connectivity index (χ3n) is 3.72. The van der Waals surface area contributed by atoms with Crippen LogP contribution in [0.25, 0.3) is 0 Å². The summed E-state index contributed by atoms with van der Waals surface area (Å²) in [6.07, 6.45) is 1.56. The predicted molar refractivity (Wildman–Crippen MR) is 80.4 cm³/mol. The molecule has 0 spiro atoms. The molecule has 0 heterocycles. The minimum Gasteiger partial charge on any atom is -0.399 e. The number of benzene rings is 1. The molecule has 5 heteroatoms. The van der Waals surface area contributed by atoms with Gasteiger partial charge in [0.15, 0.2) is 0 Å². The van der Waals surface area contributed by atoms with Gasteiger partial charge >= 0.3 is 0 Å². The standard InChI is InChI=1S/C15H23N3O2/c1-10-5-12(16)3-4-14(10)17-15(20)9-18(2)8-11-6-13(19)7-11/h3-5,11,13,19H,6-9,16H2,1-2H3,(H,17,20). The average Bonchev–Trinajstić information content (AvgIpc) is 2.30. The van der Waals surface area contributed by atoms with Gasteiger partial charge in [-0.15, -0.1) is 0 Å². The predicted octanol–water partition coefficient (Wildman–Crippen LogP) is 1.22. The molecule has 0 aliphatic heterocycles. The van der Waals surface area contributed by atoms with E-state index in [4.69, 9.17) is 5.73 Å². The van der Waals surface area contributed by atoms with Gasteiger partial charge in [0.05, 0.1) is 12.6 Å². The third kappa shape index (κ3) is 3.95. The van der Waals surface area contributed by atoms with Gasteiger partial charge in [0.25, 0.3) is 0 Å². The van der Waals surface area contributed by atoms with Gasteiger partial charge in [0.2, 0.25) is 5.91 Å². The number of aliphatic hydroxyl groups excluding tert-OH is 1. The maximum absolute atomic E-state index is 12.0. The number of aliphatic hydroxyl groups is 1. The maximum atomic E-state index is 12.0. The van der Waals surface area contributed by atoms with E-state index in [1.165, 1.54) is 0 Å². The number of aryl methyl sites for hydroxylation is 1. The van der Waals surface area contributed by atoms with Gasteiger partial charge in [-0.1, -0.05) is 0 Å². The van der Waals surface area contributed by atoms with Crippen molar-refractivity contribution in [3.05, 3.63) is 23.8 Å². The van der Waals surface area contributed by atoms with E-state index in [9.17, 15) is 9.90 Å². The summed E-state index contributed by atoms with van der Waals surface area (Å²) in [5.74, 6) is 0.487. The Kier molecular flexibility index (Phi) is 4.62. The fraction of sp³-hybridized carbons (Fsp3) is 0.533. The molecule has 20 heavy (non-hydrogen) atoms. The fourth-order valence-corrected chi connectivity index (χ4v) is 2.62. The van der Waals surface area contributed by atoms with Crippen molar-refractivity contribution in [1.29, 1.82) is 0 Å². The number of nitrogens with two attached hydrogens (primary N) is 1. The lowest BCUT2D eigenvalue weighted by molar-refractivity contribution is -0.117. The van der Waals surface area contributed by atoms with E-state index in [2.05, 4.69) is 5.32 Å². The van der Waals surface area contributed by atoms with Gasteiger partial charge in [-0.3, -0.25) is 9.69 Å². The second-order valence-corrected chi connectivity index (χ2v) is 5.81. The Hall–Kier alpha value is -1.59. The fourth-order valence-electron chi connectivity index (χ4n) is 2.62. The molecule has 1 aliphatic rings. The first-order chi connectivity index (χ1) is 9.44. The lowest BCUT2D eigenvalue weighted by atomic mass is 9.82. The van der Waals surface area contributed by atoms with Crippen molar-refractivity contribution in [2.45, 2.75) is 25.9 Å². The van der Waals surface area contributed by atoms with Gasteiger partial charge < -0.3 is 16.2 Å². The monoisotopic (exact) mass is 277 g/mol. The van der Waals surface area contributed by atoms with Crippen molar-refractivity contribution in [2.75, 3.05) is 31.2 Å². The number of hydrogen-bond acceptors (Lipinski definition) is 4. The molecule has 1 aliphatic carbocycles. The molecule has 5 nitrogen and oxygen atoms in total. The van der Waals surface area contributed by atoms with Crippen LogP contribution in [0.1, 0.15) is 18.4 Å². The molecule has 0 aromatic heterocycles. The van der Waals surface area contributed by atoms with Gasteiger partial charge in [0.1, 0.15) is 0 Å². The van der Waals surface area contributed by atoms with Gasteiger partial charge in [-0.25, -0.2) is 0 Å². The van der Waals surface area contributed by atoms with Crippen LogP contribution in [0, 0.1) is 12.8 Å². The Morgan fingerprint density at radius 2 is 2.20 bits per heavy atom. The zero-order valence-electron chi connectivity index (χ0n) is 12.1. The Balaban J connectivity index is 1.79. The van der Waals surface area contributed by atoms with Crippen LogP contribution in [0.15, 0.2) is 18.2 Å². The van der Waals surface area contributed by atoms with E-state index in [1.807, 2.05) is 31.0 Å². The molecule has 0 bridgehead atoms. The molecule has 1 saturated carbocycles. The Morgan fingerprint density at radius 3 is 2.80 bits per heavy atom. The lowest BCUT2D eigenvalue weighted by Crippen LogP contribution is -2.40. The molecule has 1 fully saturated rings. The molecule has 110 valence electrons. The molecule has 1 aromatic rings. The highest BCUT2D eigenvalue weighted by atomic mass is 16.3. The summed E-state index contributed by atoms with van der Waals surface area (Å²) in [5.41, 5.74) is 8.14. The Bertz CT molecular complexity index is 484. The SMILES string of the molecule is Cc1cc(N)ccc1NC(=O)CN(C)CC1CC(O)C1. The second kappa shape index (κ2) is 6.24. The number of nitrogen functional groups attached to an aromatic ring is 1. The zero-order valence-corrected chi connectivity index (χ0v) is 12.1. The number of rotatable bonds is 5. The number of anilines is 2. The third-order valence-corrected chi connectivity index (χ3v) is 3.72. The largest absolute Gasteiger partial charge is 0.399 e. The number of carbonyl (C=O) groups is 1. The second-order valence-electron chi connectivity index (χ2n) is 5.81. The summed E-state index contributed by atoms with van der Waals surface area (Å²) in [6, 6.07) is 5.45. The van der Waals surface area contributed by atoms with E-state index < -0.39 is 0 Å². The lowest BCUT2D eigenvalue weighted by Gasteiger charge is -2.34. The zero-order chi connectivity index (χ0) is 14.7. The van der Waals surface area contributed by atoms with E-state index in [0.29, 0.717) is 18.2 Å². The summed E-state index contributed by atoms with van der Waals surface area (Å²) < 4.78 is 0. The van der Waals surface area contributed by atoms with E-state index in [-0.39, 0.29) is 12.0 Å². The topological polar surface area (TPSA) is 78.6 Å². The highest BCUT2D eigenvalue weighted by molar-refractivity contribution is 5.93. The summed E-state index contributed by atoms with van der Waals surface area (Å²) in [5, 5.41) is 12.2. The highest BCUT2D eigenvalue weighted by Crippen LogP contribution is 2.27. The number of nitrogens with one attached hydrogen (secondary N) is 1. The average molecular weight is 277 g/mol. The number of carbonyl (C=O) groups excluding carboxylic acids is 1. The van der Waals surface area contributed by atoms with E-state index in [1.54, 1.807) is 6.07 Å². The van der Waals surface area contributed by atoms with Crippen molar-refractivity contribution in [1.82, 2.24) is 4.90 Å². The quantitative estimate of drug-likeness (QED) is 0.707. The molecule has 4 N–H and O–H groups in total. The van der Waals surface area contributed by atoms with E-state index >= 15 is 0 Å². The molecule has 1 aromatic carbocycles. The molecule has 2 rings (SSSR count). The molecule has 0 saturated heterocycles. The van der Waals surface area contributed by atoms with E-state index in [0.717, 1.165) is 30.6 Å². The van der Waals surface area contributed by atoms with Crippen LogP contribution >= 0.6 is 0 Å². The molecular formula is C15H23N3O2. The first-order valence-electron chi connectivity index (χ1n) is 6.96. The van der Waals surface area contributed by atoms with Gasteiger partial charge in [-0.2, -0.15) is 0 Å². The first-order valence-corrected chi connectivity index (χ1v) is 6.96. The first kappa shape index (κ1) is 14.8. The number of hydrogen-bond donors (Lipinski definition) is 3. The number of nitrogens with zero attached hydrogens (tertiary/aromatic N) is 1. The van der Waals surface area contributed by atoms with Crippen LogP contribution < -0.4 is 11.1 Å². The Labute approximate surface area is 119 Å². The smallest absolute Gasteiger partial charge is 0.238 e. The molecule has 1 amide bonds. The van der Waals surface area contributed by atoms with Crippen molar-refractivity contribution >= 4 is 17.3 Å². The van der Waals surface area contributed by atoms with Crippen LogP contribution in [0.2, 0.25) is 0 Å². The highest BCUT2D eigenvalue weighted by Gasteiger charge is 2.28. The summed E-state index contributed by atoms with van der Waals surface area (Å²) in [7, 11) is 1.93. The minimum absolute atomic E-state index is 0.0276. The molecule has 0 unspecified atom stereocenters. The van der Waals surface area contributed by atoms with Crippen LogP contribution in [-0.4, -0.2) is 42.2 Å². The van der Waals surface area contributed by atoms with Crippen molar-refractivity contribution in [3.63, 3.8) is 0 Å². The van der Waals surface area contributed by atoms with Crippen LogP contribution in [0.3, 0.4) is 0 Å². The normalized spacial score (nSPS) is 21.6. The minimum atomic E-state index is -0.139. The molecule has 0 radical (unpaired) electrons. The summed E-state index contributed by atoms with van der Waals surface area (Å²) >= 11 is 0. The van der Waals surface area contributed by atoms with Crippen molar-refractivity contribution in [3.8, 4) is 0 Å². The van der Waals surface area contributed by atoms with Crippen molar-refractivity contribution in [2.24, 2.45) is 5.92 Å². The summed E-state index contributed by atoms with van der Waals surface area (Å²) in [6.45, 7) is 3.13. The number of amides is 1. The Morgan fingerprint density at radius 1 is 1.50 bits per heavy atom. The van der Waals surface area contributed by atoms with Gasteiger partial charge in [-0.05, 0) is 56.5 Å². The van der Waals surface area contributed by atoms with Crippen LogP contribution in [0.4, 0.5) is 11.4 Å². The molecule has 0 atom stereocenters. The van der Waals surface area contributed by atoms with Crippen molar-refractivity contribution < 1.29 is 9.90 Å². The summed E-state index contributed by atoms with van der Waals surface area (Å²) in [4.78, 5) is 14.0. The van der Waals surface area contributed by atoms with Crippen LogP contribution in [-0.2, 0) is 4.79 Å². The molecular weight excluding hydrogens is 254 g/mol.